The number of halogens is 1. The van der Waals surface area contributed by atoms with Crippen molar-refractivity contribution < 1.29 is 9.18 Å². The lowest BCUT2D eigenvalue weighted by Gasteiger charge is -2.06. The Labute approximate surface area is 121 Å². The van der Waals surface area contributed by atoms with Gasteiger partial charge < -0.3 is 0 Å². The fourth-order valence-electron chi connectivity index (χ4n) is 2.35. The van der Waals surface area contributed by atoms with Gasteiger partial charge in [-0.3, -0.25) is 4.79 Å². The maximum Gasteiger partial charge on any atom is 0.176 e. The number of Topliss-reactive ketones (excluding diaryl/α,β-unsaturated/α-hetero) is 1. The van der Waals surface area contributed by atoms with Crippen LogP contribution in [0.25, 0.3) is 0 Å². The van der Waals surface area contributed by atoms with E-state index in [1.165, 1.54) is 17.6 Å². The van der Waals surface area contributed by atoms with Gasteiger partial charge in [0.25, 0.3) is 0 Å². The highest BCUT2D eigenvalue weighted by Gasteiger charge is 2.31. The molecule has 0 saturated heterocycles. The average molecular weight is 290 g/mol. The van der Waals surface area contributed by atoms with Crippen molar-refractivity contribution in [3.05, 3.63) is 45.7 Å². The highest BCUT2D eigenvalue weighted by molar-refractivity contribution is 7.08. The minimum Gasteiger partial charge on any atom is -0.293 e. The third-order valence-electron chi connectivity index (χ3n) is 3.69. The maximum atomic E-state index is 13.7. The van der Waals surface area contributed by atoms with Crippen molar-refractivity contribution in [2.45, 2.75) is 38.5 Å². The van der Waals surface area contributed by atoms with Crippen LogP contribution in [0.15, 0.2) is 18.2 Å². The van der Waals surface area contributed by atoms with Crippen LogP contribution in [0.2, 0.25) is 0 Å². The van der Waals surface area contributed by atoms with Gasteiger partial charge in [-0.25, -0.2) is 4.39 Å². The normalized spacial score (nSPS) is 14.5. The quantitative estimate of drug-likeness (QED) is 0.789. The Morgan fingerprint density at radius 3 is 2.95 bits per heavy atom. The summed E-state index contributed by atoms with van der Waals surface area (Å²) in [5.74, 6) is 0.218. The number of ketones is 1. The summed E-state index contributed by atoms with van der Waals surface area (Å²) in [6.07, 6.45) is 2.93. The molecule has 0 amide bonds. The Balaban J connectivity index is 1.72. The summed E-state index contributed by atoms with van der Waals surface area (Å²) in [5, 5.41) is 4.06. The molecule has 5 heteroatoms. The minimum absolute atomic E-state index is 0.0320. The summed E-state index contributed by atoms with van der Waals surface area (Å²) >= 11 is 1.17. The van der Waals surface area contributed by atoms with Crippen LogP contribution in [-0.4, -0.2) is 15.4 Å². The first-order valence-corrected chi connectivity index (χ1v) is 7.53. The zero-order chi connectivity index (χ0) is 14.1. The van der Waals surface area contributed by atoms with E-state index < -0.39 is 0 Å². The Morgan fingerprint density at radius 2 is 2.25 bits per heavy atom. The van der Waals surface area contributed by atoms with Crippen LogP contribution in [0.3, 0.4) is 0 Å². The van der Waals surface area contributed by atoms with E-state index in [1.807, 2.05) is 13.0 Å². The lowest BCUT2D eigenvalue weighted by atomic mass is 10.0. The number of nitrogens with zero attached hydrogens (tertiary/aromatic N) is 2. The summed E-state index contributed by atoms with van der Waals surface area (Å²) in [6, 6.07) is 5.00. The van der Waals surface area contributed by atoms with Crippen molar-refractivity contribution in [1.82, 2.24) is 9.59 Å². The molecule has 1 aliphatic carbocycles. The van der Waals surface area contributed by atoms with Gasteiger partial charge in [0.1, 0.15) is 10.7 Å². The summed E-state index contributed by atoms with van der Waals surface area (Å²) in [7, 11) is 0. The standard InChI is InChI=1S/C15H15FN2OS/c1-9-3-2-4-12(16)11(9)7-8-13(19)15-14(10-5-6-10)17-18-20-15/h2-4,10H,5-8H2,1H3. The molecule has 1 aromatic heterocycles. The molecular weight excluding hydrogens is 275 g/mol. The van der Waals surface area contributed by atoms with Crippen molar-refractivity contribution in [1.29, 1.82) is 0 Å². The van der Waals surface area contributed by atoms with Crippen molar-refractivity contribution in [2.75, 3.05) is 0 Å². The van der Waals surface area contributed by atoms with Crippen LogP contribution < -0.4 is 0 Å². The molecule has 3 rings (SSSR count). The van der Waals surface area contributed by atoms with E-state index in [9.17, 15) is 9.18 Å². The van der Waals surface area contributed by atoms with Crippen LogP contribution in [0, 0.1) is 12.7 Å². The largest absolute Gasteiger partial charge is 0.293 e. The molecule has 0 bridgehead atoms. The first-order chi connectivity index (χ1) is 9.66. The predicted octanol–water partition coefficient (Wildman–Crippen LogP) is 3.68. The number of hydrogen-bond acceptors (Lipinski definition) is 4. The monoisotopic (exact) mass is 290 g/mol. The highest BCUT2D eigenvalue weighted by Crippen LogP contribution is 2.41. The van der Waals surface area contributed by atoms with Crippen molar-refractivity contribution in [3.8, 4) is 0 Å². The molecule has 0 spiro atoms. The molecular formula is C15H15FN2OS. The van der Waals surface area contributed by atoms with Gasteiger partial charge in [0, 0.05) is 12.3 Å². The average Bonchev–Trinajstić information content (AvgIpc) is 3.15. The molecule has 0 unspecified atom stereocenters. The molecule has 1 aliphatic rings. The van der Waals surface area contributed by atoms with Gasteiger partial charge in [0.05, 0.1) is 5.69 Å². The molecule has 3 nitrogen and oxygen atoms in total. The Morgan fingerprint density at radius 1 is 1.45 bits per heavy atom. The molecule has 1 fully saturated rings. The second-order valence-electron chi connectivity index (χ2n) is 5.22. The first-order valence-electron chi connectivity index (χ1n) is 6.76. The molecule has 0 aliphatic heterocycles. The van der Waals surface area contributed by atoms with Crippen LogP contribution >= 0.6 is 11.5 Å². The molecule has 0 radical (unpaired) electrons. The van der Waals surface area contributed by atoms with Gasteiger partial charge in [-0.2, -0.15) is 0 Å². The van der Waals surface area contributed by atoms with Crippen molar-refractivity contribution >= 4 is 17.3 Å². The molecule has 0 atom stereocenters. The Hall–Kier alpha value is -1.62. The molecule has 20 heavy (non-hydrogen) atoms. The lowest BCUT2D eigenvalue weighted by molar-refractivity contribution is 0.0985. The van der Waals surface area contributed by atoms with Gasteiger partial charge in [-0.15, -0.1) is 5.10 Å². The Kier molecular flexibility index (Phi) is 3.61. The number of benzene rings is 1. The van der Waals surface area contributed by atoms with E-state index in [2.05, 4.69) is 9.59 Å². The molecule has 1 aromatic carbocycles. The van der Waals surface area contributed by atoms with Crippen LogP contribution in [0.1, 0.15) is 51.7 Å². The zero-order valence-corrected chi connectivity index (χ0v) is 12.0. The van der Waals surface area contributed by atoms with E-state index in [0.717, 1.165) is 24.1 Å². The molecule has 1 heterocycles. The van der Waals surface area contributed by atoms with Crippen LogP contribution in [-0.2, 0) is 6.42 Å². The number of carbonyl (C=O) groups is 1. The van der Waals surface area contributed by atoms with Crippen LogP contribution in [0.5, 0.6) is 0 Å². The fraction of sp³-hybridized carbons (Fsp3) is 0.400. The smallest absolute Gasteiger partial charge is 0.176 e. The molecule has 0 N–H and O–H groups in total. The van der Waals surface area contributed by atoms with Gasteiger partial charge >= 0.3 is 0 Å². The van der Waals surface area contributed by atoms with Crippen molar-refractivity contribution in [2.24, 2.45) is 0 Å². The summed E-state index contributed by atoms with van der Waals surface area (Å²) in [6.45, 7) is 1.87. The Bertz CT molecular complexity index is 629. The molecule has 104 valence electrons. The second-order valence-corrected chi connectivity index (χ2v) is 5.97. The lowest BCUT2D eigenvalue weighted by Crippen LogP contribution is -2.04. The van der Waals surface area contributed by atoms with Crippen molar-refractivity contribution in [3.63, 3.8) is 0 Å². The summed E-state index contributed by atoms with van der Waals surface area (Å²) < 4.78 is 17.6. The van der Waals surface area contributed by atoms with Gasteiger partial charge in [0.2, 0.25) is 0 Å². The molecule has 2 aromatic rings. The summed E-state index contributed by atoms with van der Waals surface area (Å²) in [4.78, 5) is 12.9. The third-order valence-corrected chi connectivity index (χ3v) is 4.47. The molecule has 1 saturated carbocycles. The van der Waals surface area contributed by atoms with E-state index in [4.69, 9.17) is 0 Å². The third kappa shape index (κ3) is 2.63. The zero-order valence-electron chi connectivity index (χ0n) is 11.2. The van der Waals surface area contributed by atoms with Crippen LogP contribution in [0.4, 0.5) is 4.39 Å². The van der Waals surface area contributed by atoms with E-state index >= 15 is 0 Å². The topological polar surface area (TPSA) is 42.9 Å². The highest BCUT2D eigenvalue weighted by atomic mass is 32.1. The maximum absolute atomic E-state index is 13.7. The van der Waals surface area contributed by atoms with E-state index in [1.54, 1.807) is 6.07 Å². The number of rotatable bonds is 5. The first kappa shape index (κ1) is 13.4. The van der Waals surface area contributed by atoms with E-state index in [0.29, 0.717) is 29.2 Å². The summed E-state index contributed by atoms with van der Waals surface area (Å²) in [5.41, 5.74) is 2.37. The van der Waals surface area contributed by atoms with E-state index in [-0.39, 0.29) is 11.6 Å². The SMILES string of the molecule is Cc1cccc(F)c1CCC(=O)c1snnc1C1CC1. The number of hydrogen-bond donors (Lipinski definition) is 0. The predicted molar refractivity (Wildman–Crippen MR) is 75.7 cm³/mol. The van der Waals surface area contributed by atoms with Gasteiger partial charge in [-0.05, 0) is 54.9 Å². The second kappa shape index (κ2) is 5.40. The minimum atomic E-state index is -0.234. The fourth-order valence-corrected chi connectivity index (χ4v) is 3.07. The number of carbonyl (C=O) groups excluding carboxylic acids is 1. The van der Waals surface area contributed by atoms with Gasteiger partial charge in [-0.1, -0.05) is 16.6 Å². The number of aryl methyl sites for hydroxylation is 1. The number of aromatic nitrogens is 2. The van der Waals surface area contributed by atoms with Gasteiger partial charge in [0.15, 0.2) is 5.78 Å².